The van der Waals surface area contributed by atoms with Gasteiger partial charge < -0.3 is 5.32 Å². The third-order valence-corrected chi connectivity index (χ3v) is 5.58. The summed E-state index contributed by atoms with van der Waals surface area (Å²) >= 11 is 6.20. The number of sulfone groups is 1. The zero-order valence-corrected chi connectivity index (χ0v) is 14.2. The third kappa shape index (κ3) is 4.34. The van der Waals surface area contributed by atoms with Crippen molar-refractivity contribution in [3.8, 4) is 0 Å². The Morgan fingerprint density at radius 1 is 1.36 bits per heavy atom. The van der Waals surface area contributed by atoms with Crippen LogP contribution in [-0.4, -0.2) is 26.6 Å². The van der Waals surface area contributed by atoms with Crippen molar-refractivity contribution in [3.63, 3.8) is 0 Å². The zero-order valence-electron chi connectivity index (χ0n) is 12.7. The van der Waals surface area contributed by atoms with E-state index in [0.717, 1.165) is 5.56 Å². The average molecular weight is 342 g/mol. The molecule has 0 spiro atoms. The minimum Gasteiger partial charge on any atom is -0.355 e. The van der Waals surface area contributed by atoms with Crippen LogP contribution < -0.4 is 5.32 Å². The SMILES string of the molecule is CC(C)(CNC(=O)C[C@H]1C=CS(=O)(=O)C1)c1ccccc1Cl. The molecule has 1 amide bonds. The van der Waals surface area contributed by atoms with Crippen LogP contribution in [0.4, 0.5) is 0 Å². The van der Waals surface area contributed by atoms with E-state index < -0.39 is 9.84 Å². The number of benzene rings is 1. The molecule has 1 aromatic carbocycles. The molecule has 1 heterocycles. The van der Waals surface area contributed by atoms with Crippen molar-refractivity contribution < 1.29 is 13.2 Å². The molecular weight excluding hydrogens is 322 g/mol. The van der Waals surface area contributed by atoms with Gasteiger partial charge in [-0.25, -0.2) is 8.42 Å². The molecule has 1 aromatic rings. The third-order valence-electron chi connectivity index (χ3n) is 3.78. The van der Waals surface area contributed by atoms with E-state index >= 15 is 0 Å². The summed E-state index contributed by atoms with van der Waals surface area (Å²) in [7, 11) is -3.11. The topological polar surface area (TPSA) is 63.2 Å². The van der Waals surface area contributed by atoms with Crippen molar-refractivity contribution >= 4 is 27.3 Å². The van der Waals surface area contributed by atoms with E-state index in [1.807, 2.05) is 38.1 Å². The Bertz CT molecular complexity index is 695. The largest absolute Gasteiger partial charge is 0.355 e. The molecule has 1 aliphatic rings. The van der Waals surface area contributed by atoms with Crippen LogP contribution in [0.1, 0.15) is 25.8 Å². The molecule has 2 rings (SSSR count). The zero-order chi connectivity index (χ0) is 16.4. The number of carbonyl (C=O) groups excluding carboxylic acids is 1. The Balaban J connectivity index is 1.91. The van der Waals surface area contributed by atoms with E-state index in [1.165, 1.54) is 5.41 Å². The van der Waals surface area contributed by atoms with E-state index in [1.54, 1.807) is 6.08 Å². The van der Waals surface area contributed by atoms with Gasteiger partial charge in [0.1, 0.15) is 0 Å². The van der Waals surface area contributed by atoms with Crippen LogP contribution in [0.25, 0.3) is 0 Å². The van der Waals surface area contributed by atoms with Crippen molar-refractivity contribution in [1.29, 1.82) is 0 Å². The first kappa shape index (κ1) is 17.0. The molecule has 0 radical (unpaired) electrons. The minimum atomic E-state index is -3.11. The maximum atomic E-state index is 12.0. The molecule has 0 saturated carbocycles. The van der Waals surface area contributed by atoms with Crippen LogP contribution in [0.15, 0.2) is 35.7 Å². The normalized spacial score (nSPS) is 20.0. The number of hydrogen-bond donors (Lipinski definition) is 1. The number of carbonyl (C=O) groups is 1. The van der Waals surface area contributed by atoms with E-state index in [9.17, 15) is 13.2 Å². The summed E-state index contributed by atoms with van der Waals surface area (Å²) in [6.45, 7) is 4.46. The summed E-state index contributed by atoms with van der Waals surface area (Å²) in [6.07, 6.45) is 1.78. The second-order valence-corrected chi connectivity index (χ2v) is 8.60. The summed E-state index contributed by atoms with van der Waals surface area (Å²) < 4.78 is 22.7. The highest BCUT2D eigenvalue weighted by molar-refractivity contribution is 7.94. The van der Waals surface area contributed by atoms with Crippen molar-refractivity contribution in [1.82, 2.24) is 5.32 Å². The number of rotatable bonds is 5. The van der Waals surface area contributed by atoms with Gasteiger partial charge in [-0.15, -0.1) is 0 Å². The molecule has 0 saturated heterocycles. The molecule has 0 unspecified atom stereocenters. The van der Waals surface area contributed by atoms with Crippen LogP contribution in [0.3, 0.4) is 0 Å². The summed E-state index contributed by atoms with van der Waals surface area (Å²) in [5, 5.41) is 4.74. The Kier molecular flexibility index (Phi) is 4.97. The standard InChI is InChI=1S/C16H20ClNO3S/c1-16(2,13-5-3-4-6-14(13)17)11-18-15(19)9-12-7-8-22(20,21)10-12/h3-8,12H,9-11H2,1-2H3,(H,18,19)/t12-/m1/s1. The first-order valence-corrected chi connectivity index (χ1v) is 9.22. The molecule has 120 valence electrons. The summed E-state index contributed by atoms with van der Waals surface area (Å²) in [5.74, 6) is -0.353. The number of amides is 1. The summed E-state index contributed by atoms with van der Waals surface area (Å²) in [5.41, 5.74) is 0.673. The highest BCUT2D eigenvalue weighted by Gasteiger charge is 2.26. The molecule has 22 heavy (non-hydrogen) atoms. The van der Waals surface area contributed by atoms with Gasteiger partial charge in [0, 0.05) is 34.7 Å². The van der Waals surface area contributed by atoms with Gasteiger partial charge in [-0.1, -0.05) is 49.7 Å². The van der Waals surface area contributed by atoms with Crippen molar-refractivity contribution in [2.24, 2.45) is 5.92 Å². The second kappa shape index (κ2) is 6.42. The molecular formula is C16H20ClNO3S. The van der Waals surface area contributed by atoms with Crippen molar-refractivity contribution in [3.05, 3.63) is 46.3 Å². The molecule has 0 bridgehead atoms. The lowest BCUT2D eigenvalue weighted by atomic mass is 9.84. The van der Waals surface area contributed by atoms with Crippen molar-refractivity contribution in [2.45, 2.75) is 25.7 Å². The minimum absolute atomic E-state index is 0.0221. The quantitative estimate of drug-likeness (QED) is 0.895. The molecule has 1 N–H and O–H groups in total. The number of allylic oxidation sites excluding steroid dienone is 1. The van der Waals surface area contributed by atoms with Crippen LogP contribution in [0.2, 0.25) is 5.02 Å². The smallest absolute Gasteiger partial charge is 0.220 e. The van der Waals surface area contributed by atoms with E-state index in [0.29, 0.717) is 11.6 Å². The van der Waals surface area contributed by atoms with Crippen LogP contribution >= 0.6 is 11.6 Å². The maximum absolute atomic E-state index is 12.0. The van der Waals surface area contributed by atoms with Gasteiger partial charge in [0.05, 0.1) is 5.75 Å². The first-order valence-electron chi connectivity index (χ1n) is 7.12. The molecule has 0 aromatic heterocycles. The van der Waals surface area contributed by atoms with E-state index in [4.69, 9.17) is 11.6 Å². The van der Waals surface area contributed by atoms with Gasteiger partial charge in [0.15, 0.2) is 9.84 Å². The molecule has 1 atom stereocenters. The van der Waals surface area contributed by atoms with Gasteiger partial charge in [0.25, 0.3) is 0 Å². The highest BCUT2D eigenvalue weighted by atomic mass is 35.5. The van der Waals surface area contributed by atoms with Crippen LogP contribution in [0.5, 0.6) is 0 Å². The van der Waals surface area contributed by atoms with Gasteiger partial charge in [-0.05, 0) is 11.6 Å². The average Bonchev–Trinajstić information content (AvgIpc) is 2.76. The second-order valence-electron chi connectivity index (χ2n) is 6.26. The molecule has 6 heteroatoms. The van der Waals surface area contributed by atoms with Gasteiger partial charge in [0.2, 0.25) is 5.91 Å². The Morgan fingerprint density at radius 3 is 2.64 bits per heavy atom. The fraction of sp³-hybridized carbons (Fsp3) is 0.438. The molecule has 1 aliphatic heterocycles. The lowest BCUT2D eigenvalue weighted by Crippen LogP contribution is -2.37. The number of halogens is 1. The molecule has 4 nitrogen and oxygen atoms in total. The number of nitrogens with one attached hydrogen (secondary N) is 1. The Hall–Kier alpha value is -1.33. The van der Waals surface area contributed by atoms with E-state index in [2.05, 4.69) is 5.32 Å². The van der Waals surface area contributed by atoms with Gasteiger partial charge in [-0.3, -0.25) is 4.79 Å². The van der Waals surface area contributed by atoms with Crippen LogP contribution in [-0.2, 0) is 20.0 Å². The fourth-order valence-corrected chi connectivity index (χ4v) is 4.29. The summed E-state index contributed by atoms with van der Waals surface area (Å²) in [4.78, 5) is 12.0. The maximum Gasteiger partial charge on any atom is 0.220 e. The fourth-order valence-electron chi connectivity index (χ4n) is 2.50. The summed E-state index contributed by atoms with van der Waals surface area (Å²) in [6, 6.07) is 7.56. The van der Waals surface area contributed by atoms with Gasteiger partial charge >= 0.3 is 0 Å². The Labute approximate surface area is 136 Å². The van der Waals surface area contributed by atoms with Gasteiger partial charge in [-0.2, -0.15) is 0 Å². The van der Waals surface area contributed by atoms with Crippen LogP contribution in [0, 0.1) is 5.92 Å². The lowest BCUT2D eigenvalue weighted by Gasteiger charge is -2.27. The highest BCUT2D eigenvalue weighted by Crippen LogP contribution is 2.29. The predicted molar refractivity (Wildman–Crippen MR) is 88.5 cm³/mol. The first-order chi connectivity index (χ1) is 10.2. The van der Waals surface area contributed by atoms with Crippen molar-refractivity contribution in [2.75, 3.05) is 12.3 Å². The molecule has 0 aliphatic carbocycles. The van der Waals surface area contributed by atoms with E-state index in [-0.39, 0.29) is 29.4 Å². The number of hydrogen-bond acceptors (Lipinski definition) is 3. The lowest BCUT2D eigenvalue weighted by molar-refractivity contribution is -0.121. The molecule has 0 fully saturated rings. The monoisotopic (exact) mass is 341 g/mol. The Morgan fingerprint density at radius 2 is 2.05 bits per heavy atom. The predicted octanol–water partition coefficient (Wildman–Crippen LogP) is 2.68.